The maximum atomic E-state index is 5.24. The van der Waals surface area contributed by atoms with Crippen molar-refractivity contribution < 1.29 is 9.26 Å². The molecule has 0 fully saturated rings. The Balaban J connectivity index is 1.55. The van der Waals surface area contributed by atoms with Crippen LogP contribution in [0, 0.1) is 0 Å². The summed E-state index contributed by atoms with van der Waals surface area (Å²) < 4.78 is 11.2. The van der Waals surface area contributed by atoms with E-state index in [0.717, 1.165) is 15.7 Å². The zero-order chi connectivity index (χ0) is 17.6. The highest BCUT2D eigenvalue weighted by Gasteiger charge is 2.09. The third-order valence-electron chi connectivity index (χ3n) is 3.15. The van der Waals surface area contributed by atoms with Crippen molar-refractivity contribution in [2.75, 3.05) is 12.4 Å². The zero-order valence-corrected chi connectivity index (χ0v) is 15.6. The molecule has 25 heavy (non-hydrogen) atoms. The molecule has 0 aliphatic carbocycles. The quantitative estimate of drug-likeness (QED) is 0.608. The van der Waals surface area contributed by atoms with E-state index < -0.39 is 0 Å². The number of nitrogens with one attached hydrogen (secondary N) is 2. The van der Waals surface area contributed by atoms with Crippen LogP contribution in [-0.2, 0) is 6.54 Å². The van der Waals surface area contributed by atoms with E-state index in [1.54, 1.807) is 19.4 Å². The third kappa shape index (κ3) is 4.74. The van der Waals surface area contributed by atoms with Gasteiger partial charge in [-0.3, -0.25) is 0 Å². The van der Waals surface area contributed by atoms with Crippen LogP contribution in [0.2, 0.25) is 0 Å². The van der Waals surface area contributed by atoms with Crippen LogP contribution >= 0.6 is 28.1 Å². The van der Waals surface area contributed by atoms with Crippen LogP contribution in [0.3, 0.4) is 0 Å². The Morgan fingerprint density at radius 3 is 2.92 bits per heavy atom. The second-order valence-electron chi connectivity index (χ2n) is 4.92. The number of anilines is 1. The lowest BCUT2D eigenvalue weighted by Crippen LogP contribution is -2.28. The second-order valence-corrected chi connectivity index (χ2v) is 6.24. The Bertz CT molecular complexity index is 869. The molecule has 0 radical (unpaired) electrons. The first-order valence-electron chi connectivity index (χ1n) is 7.27. The summed E-state index contributed by atoms with van der Waals surface area (Å²) in [5.41, 5.74) is 1.62. The summed E-state index contributed by atoms with van der Waals surface area (Å²) in [6.07, 6.45) is 1.63. The van der Waals surface area contributed by atoms with E-state index in [1.165, 1.54) is 0 Å². The summed E-state index contributed by atoms with van der Waals surface area (Å²) in [5.74, 6) is 1.50. The minimum atomic E-state index is 0.316. The van der Waals surface area contributed by atoms with Gasteiger partial charge in [0.2, 0.25) is 17.6 Å². The molecule has 9 heteroatoms. The van der Waals surface area contributed by atoms with Crippen LogP contribution in [0.4, 0.5) is 5.69 Å². The van der Waals surface area contributed by atoms with E-state index >= 15 is 0 Å². The predicted molar refractivity (Wildman–Crippen MR) is 101 cm³/mol. The second kappa shape index (κ2) is 8.04. The molecule has 0 aliphatic heterocycles. The molecule has 0 saturated carbocycles. The van der Waals surface area contributed by atoms with Crippen molar-refractivity contribution in [3.8, 4) is 17.3 Å². The molecule has 3 aromatic rings. The highest BCUT2D eigenvalue weighted by Crippen LogP contribution is 2.20. The number of hydrogen-bond donors (Lipinski definition) is 2. The maximum absolute atomic E-state index is 5.24. The normalized spacial score (nSPS) is 10.3. The molecule has 0 aliphatic rings. The number of benzene rings is 1. The van der Waals surface area contributed by atoms with Crippen LogP contribution in [0.1, 0.15) is 5.89 Å². The predicted octanol–water partition coefficient (Wildman–Crippen LogP) is 3.39. The van der Waals surface area contributed by atoms with Gasteiger partial charge < -0.3 is 19.9 Å². The van der Waals surface area contributed by atoms with Crippen molar-refractivity contribution in [2.24, 2.45) is 0 Å². The monoisotopic (exact) mass is 419 g/mol. The molecule has 0 bridgehead atoms. The number of methoxy groups -OCH3 is 1. The summed E-state index contributed by atoms with van der Waals surface area (Å²) in [5, 5.41) is 10.4. The van der Waals surface area contributed by atoms with E-state index in [0.29, 0.717) is 29.3 Å². The van der Waals surface area contributed by atoms with Crippen molar-refractivity contribution in [3.05, 3.63) is 53.0 Å². The van der Waals surface area contributed by atoms with Crippen molar-refractivity contribution >= 4 is 38.9 Å². The number of hydrogen-bond acceptors (Lipinski definition) is 6. The first-order valence-corrected chi connectivity index (χ1v) is 8.47. The number of nitrogens with zero attached hydrogens (tertiary/aromatic N) is 3. The topological polar surface area (TPSA) is 85.1 Å². The van der Waals surface area contributed by atoms with Gasteiger partial charge >= 0.3 is 0 Å². The molecular weight excluding hydrogens is 406 g/mol. The lowest BCUT2D eigenvalue weighted by atomic mass is 10.2. The molecule has 2 heterocycles. The van der Waals surface area contributed by atoms with Crippen LogP contribution in [0.25, 0.3) is 11.4 Å². The van der Waals surface area contributed by atoms with Crippen molar-refractivity contribution in [1.82, 2.24) is 20.4 Å². The fourth-order valence-corrected chi connectivity index (χ4v) is 2.57. The molecule has 2 aromatic heterocycles. The number of halogens is 1. The molecular formula is C16H14BrN5O2S. The van der Waals surface area contributed by atoms with E-state index in [-0.39, 0.29) is 0 Å². The van der Waals surface area contributed by atoms with Gasteiger partial charge in [-0.2, -0.15) is 4.98 Å². The number of rotatable bonds is 5. The minimum absolute atomic E-state index is 0.316. The maximum Gasteiger partial charge on any atom is 0.246 e. The number of pyridine rings is 1. The highest BCUT2D eigenvalue weighted by molar-refractivity contribution is 9.10. The largest absolute Gasteiger partial charge is 0.481 e. The Labute approximate surface area is 157 Å². The van der Waals surface area contributed by atoms with Crippen LogP contribution in [0.5, 0.6) is 5.88 Å². The third-order valence-corrected chi connectivity index (χ3v) is 3.89. The summed E-state index contributed by atoms with van der Waals surface area (Å²) in [4.78, 5) is 8.44. The smallest absolute Gasteiger partial charge is 0.246 e. The molecule has 0 amide bonds. The van der Waals surface area contributed by atoms with Crippen molar-refractivity contribution in [2.45, 2.75) is 6.54 Å². The molecule has 3 rings (SSSR count). The SMILES string of the molecule is COc1ccc(NC(=S)NCc2nc(-c3cccc(Br)c3)no2)cn1. The van der Waals surface area contributed by atoms with Gasteiger partial charge in [-0.25, -0.2) is 4.98 Å². The van der Waals surface area contributed by atoms with E-state index in [4.69, 9.17) is 21.5 Å². The molecule has 0 atom stereocenters. The molecule has 128 valence electrons. The number of thiocarbonyl (C=S) groups is 1. The van der Waals surface area contributed by atoms with Gasteiger partial charge in [0.15, 0.2) is 5.11 Å². The Hall–Kier alpha value is -2.52. The fraction of sp³-hybridized carbons (Fsp3) is 0.125. The Morgan fingerprint density at radius 2 is 2.20 bits per heavy atom. The van der Waals surface area contributed by atoms with Crippen molar-refractivity contribution in [3.63, 3.8) is 0 Å². The zero-order valence-electron chi connectivity index (χ0n) is 13.2. The van der Waals surface area contributed by atoms with Crippen molar-refractivity contribution in [1.29, 1.82) is 0 Å². The summed E-state index contributed by atoms with van der Waals surface area (Å²) in [6.45, 7) is 0.316. The van der Waals surface area contributed by atoms with Crippen LogP contribution in [0.15, 0.2) is 51.6 Å². The highest BCUT2D eigenvalue weighted by atomic mass is 79.9. The van der Waals surface area contributed by atoms with Gasteiger partial charge in [0, 0.05) is 16.1 Å². The molecule has 7 nitrogen and oxygen atoms in total. The molecule has 0 saturated heterocycles. The van der Waals surface area contributed by atoms with Gasteiger partial charge in [-0.15, -0.1) is 0 Å². The molecule has 1 aromatic carbocycles. The van der Waals surface area contributed by atoms with Gasteiger partial charge in [0.25, 0.3) is 0 Å². The number of aromatic nitrogens is 3. The average Bonchev–Trinajstić information content (AvgIpc) is 3.10. The lowest BCUT2D eigenvalue weighted by Gasteiger charge is -2.08. The first-order chi connectivity index (χ1) is 12.1. The summed E-state index contributed by atoms with van der Waals surface area (Å²) in [6, 6.07) is 11.2. The standard InChI is InChI=1S/C16H14BrN5O2S/c1-23-13-6-5-12(8-18-13)20-16(25)19-9-14-21-15(22-24-14)10-3-2-4-11(17)7-10/h2-8H,9H2,1H3,(H2,19,20,25). The molecule has 0 spiro atoms. The van der Waals surface area contributed by atoms with Gasteiger partial charge in [-0.1, -0.05) is 33.2 Å². The van der Waals surface area contributed by atoms with E-state index in [1.807, 2.05) is 30.3 Å². The fourth-order valence-electron chi connectivity index (χ4n) is 1.98. The Morgan fingerprint density at radius 1 is 1.32 bits per heavy atom. The van der Waals surface area contributed by atoms with E-state index in [2.05, 4.69) is 41.7 Å². The summed E-state index contributed by atoms with van der Waals surface area (Å²) >= 11 is 8.66. The van der Waals surface area contributed by atoms with E-state index in [9.17, 15) is 0 Å². The van der Waals surface area contributed by atoms with Gasteiger partial charge in [0.05, 0.1) is 25.5 Å². The van der Waals surface area contributed by atoms with Gasteiger partial charge in [-0.05, 0) is 30.4 Å². The molecule has 2 N–H and O–H groups in total. The summed E-state index contributed by atoms with van der Waals surface area (Å²) in [7, 11) is 1.56. The van der Waals surface area contributed by atoms with Crippen LogP contribution in [-0.4, -0.2) is 27.3 Å². The van der Waals surface area contributed by atoms with Gasteiger partial charge in [0.1, 0.15) is 0 Å². The lowest BCUT2D eigenvalue weighted by molar-refractivity contribution is 0.376. The minimum Gasteiger partial charge on any atom is -0.481 e. The van der Waals surface area contributed by atoms with Crippen LogP contribution < -0.4 is 15.4 Å². The molecule has 0 unspecified atom stereocenters. The average molecular weight is 420 g/mol. The Kier molecular flexibility index (Phi) is 5.56. The first kappa shape index (κ1) is 17.3. The number of ether oxygens (including phenoxy) is 1.